The third-order valence-electron chi connectivity index (χ3n) is 3.29. The molecule has 1 fully saturated rings. The van der Waals surface area contributed by atoms with Gasteiger partial charge >= 0.3 is 0 Å². The summed E-state index contributed by atoms with van der Waals surface area (Å²) in [6.45, 7) is 2.14. The summed E-state index contributed by atoms with van der Waals surface area (Å²) >= 11 is 1.41. The zero-order chi connectivity index (χ0) is 13.9. The van der Waals surface area contributed by atoms with Crippen molar-refractivity contribution in [2.45, 2.75) is 30.9 Å². The Balaban J connectivity index is 2.08. The maximum Gasteiger partial charge on any atom is 0.238 e. The van der Waals surface area contributed by atoms with Crippen molar-refractivity contribution in [1.29, 1.82) is 0 Å². The quantitative estimate of drug-likeness (QED) is 0.852. The van der Waals surface area contributed by atoms with Crippen molar-refractivity contribution in [2.75, 3.05) is 12.4 Å². The minimum Gasteiger partial charge on any atom is -0.396 e. The third kappa shape index (κ3) is 3.29. The Bertz CT molecular complexity index is 436. The summed E-state index contributed by atoms with van der Waals surface area (Å²) in [7, 11) is 0. The van der Waals surface area contributed by atoms with Crippen LogP contribution in [0.15, 0.2) is 30.3 Å². The molecule has 1 aromatic rings. The van der Waals surface area contributed by atoms with Gasteiger partial charge in [0.15, 0.2) is 0 Å². The fourth-order valence-corrected chi connectivity index (χ4v) is 3.39. The Morgan fingerprint density at radius 2 is 2.11 bits per heavy atom. The van der Waals surface area contributed by atoms with E-state index in [0.717, 1.165) is 5.56 Å². The van der Waals surface area contributed by atoms with Gasteiger partial charge in [0.05, 0.1) is 11.9 Å². The van der Waals surface area contributed by atoms with Gasteiger partial charge in [-0.05, 0) is 12.5 Å². The van der Waals surface area contributed by atoms with Gasteiger partial charge < -0.3 is 15.1 Å². The lowest BCUT2D eigenvalue weighted by Crippen LogP contribution is -2.42. The Morgan fingerprint density at radius 3 is 2.74 bits per heavy atom. The molecule has 0 unspecified atom stereocenters. The van der Waals surface area contributed by atoms with Crippen molar-refractivity contribution in [1.82, 2.24) is 4.90 Å². The van der Waals surface area contributed by atoms with Crippen LogP contribution < -0.4 is 0 Å². The van der Waals surface area contributed by atoms with E-state index in [2.05, 4.69) is 0 Å². The van der Waals surface area contributed by atoms with Crippen LogP contribution in [-0.2, 0) is 11.3 Å². The Kier molecular flexibility index (Phi) is 4.50. The monoisotopic (exact) mass is 281 g/mol. The highest BCUT2D eigenvalue weighted by atomic mass is 32.2. The number of benzene rings is 1. The Labute approximate surface area is 117 Å². The smallest absolute Gasteiger partial charge is 0.238 e. The van der Waals surface area contributed by atoms with Gasteiger partial charge in [-0.2, -0.15) is 0 Å². The predicted octanol–water partition coefficient (Wildman–Crippen LogP) is 1.22. The van der Waals surface area contributed by atoms with Crippen molar-refractivity contribution in [3.63, 3.8) is 0 Å². The molecule has 0 aliphatic carbocycles. The molecule has 5 heteroatoms. The maximum atomic E-state index is 12.3. The van der Waals surface area contributed by atoms with E-state index in [0.29, 0.717) is 18.7 Å². The third-order valence-corrected chi connectivity index (χ3v) is 4.48. The van der Waals surface area contributed by atoms with Crippen molar-refractivity contribution in [3.05, 3.63) is 35.9 Å². The van der Waals surface area contributed by atoms with Crippen molar-refractivity contribution < 1.29 is 15.0 Å². The number of rotatable bonds is 5. The number of carbonyl (C=O) groups excluding carboxylic acids is 1. The molecule has 1 aromatic carbocycles. The molecule has 1 aliphatic rings. The molecule has 4 nitrogen and oxygen atoms in total. The lowest BCUT2D eigenvalue weighted by atomic mass is 10.1. The van der Waals surface area contributed by atoms with Gasteiger partial charge in [-0.15, -0.1) is 11.8 Å². The molecular weight excluding hydrogens is 262 g/mol. The van der Waals surface area contributed by atoms with Gasteiger partial charge in [0.1, 0.15) is 5.72 Å². The number of amides is 1. The first-order valence-electron chi connectivity index (χ1n) is 6.35. The maximum absolute atomic E-state index is 12.3. The van der Waals surface area contributed by atoms with E-state index in [1.807, 2.05) is 30.3 Å². The summed E-state index contributed by atoms with van der Waals surface area (Å²) in [6, 6.07) is 9.65. The number of likely N-dealkylation sites (tertiary alicyclic amines) is 1. The fourth-order valence-electron chi connectivity index (χ4n) is 2.30. The number of thioether (sulfide) groups is 1. The molecule has 2 rings (SSSR count). The molecule has 2 N–H and O–H groups in total. The van der Waals surface area contributed by atoms with Crippen molar-refractivity contribution in [2.24, 2.45) is 0 Å². The molecule has 1 amide bonds. The second kappa shape index (κ2) is 5.94. The van der Waals surface area contributed by atoms with E-state index >= 15 is 0 Å². The van der Waals surface area contributed by atoms with Crippen LogP contribution >= 0.6 is 11.8 Å². The summed E-state index contributed by atoms with van der Waals surface area (Å²) < 4.78 is 0. The van der Waals surface area contributed by atoms with Crippen LogP contribution in [-0.4, -0.2) is 44.4 Å². The molecule has 0 bridgehead atoms. The van der Waals surface area contributed by atoms with Crippen LogP contribution in [0.4, 0.5) is 0 Å². The highest BCUT2D eigenvalue weighted by molar-refractivity contribution is 8.00. The lowest BCUT2D eigenvalue weighted by Gasteiger charge is -2.29. The van der Waals surface area contributed by atoms with Gasteiger partial charge in [-0.3, -0.25) is 4.79 Å². The summed E-state index contributed by atoms with van der Waals surface area (Å²) in [6.07, 6.45) is 0.406. The molecule has 0 saturated carbocycles. The van der Waals surface area contributed by atoms with Gasteiger partial charge in [0.2, 0.25) is 5.91 Å². The van der Waals surface area contributed by atoms with Gasteiger partial charge in [0.25, 0.3) is 0 Å². The van der Waals surface area contributed by atoms with E-state index in [4.69, 9.17) is 5.11 Å². The normalized spacial score (nSPS) is 27.0. The number of nitrogens with zero attached hydrogens (tertiary/aromatic N) is 1. The first-order valence-corrected chi connectivity index (χ1v) is 7.40. The minimum atomic E-state index is -1.11. The largest absolute Gasteiger partial charge is 0.396 e. The zero-order valence-electron chi connectivity index (χ0n) is 11.0. The molecule has 0 spiro atoms. The number of hydrogen-bond donors (Lipinski definition) is 2. The highest BCUT2D eigenvalue weighted by Gasteiger charge is 2.46. The number of aliphatic hydroxyl groups is 2. The second-order valence-corrected chi connectivity index (χ2v) is 6.22. The summed E-state index contributed by atoms with van der Waals surface area (Å²) in [5, 5.41) is 19.0. The van der Waals surface area contributed by atoms with Gasteiger partial charge in [-0.1, -0.05) is 30.3 Å². The summed E-state index contributed by atoms with van der Waals surface area (Å²) in [4.78, 5) is 13.8. The van der Waals surface area contributed by atoms with Crippen LogP contribution in [0.25, 0.3) is 0 Å². The first-order chi connectivity index (χ1) is 9.04. The number of hydrogen-bond acceptors (Lipinski definition) is 4. The molecule has 104 valence electrons. The standard InChI is InChI=1S/C14H19NO3S/c1-14(18)9-12(19-8-7-16)13(17)15(14)10-11-5-3-2-4-6-11/h2-6,12,16,18H,7-10H2,1H3/t12-,14+/m1/s1. The fraction of sp³-hybridized carbons (Fsp3) is 0.500. The van der Waals surface area contributed by atoms with Crippen molar-refractivity contribution in [3.8, 4) is 0 Å². The van der Waals surface area contributed by atoms with E-state index in [9.17, 15) is 9.90 Å². The number of aliphatic hydroxyl groups excluding tert-OH is 1. The number of carbonyl (C=O) groups is 1. The first kappa shape index (κ1) is 14.4. The predicted molar refractivity (Wildman–Crippen MR) is 75.6 cm³/mol. The molecule has 1 aliphatic heterocycles. The van der Waals surface area contributed by atoms with Gasteiger partial charge in [0, 0.05) is 18.7 Å². The molecular formula is C14H19NO3S. The lowest BCUT2D eigenvalue weighted by molar-refractivity contribution is -0.143. The van der Waals surface area contributed by atoms with Crippen LogP contribution in [0, 0.1) is 0 Å². The Hall–Kier alpha value is -1.04. The molecule has 1 saturated heterocycles. The average Bonchev–Trinajstić information content (AvgIpc) is 2.61. The molecule has 19 heavy (non-hydrogen) atoms. The zero-order valence-corrected chi connectivity index (χ0v) is 11.8. The van der Waals surface area contributed by atoms with E-state index in [1.54, 1.807) is 6.92 Å². The molecule has 1 heterocycles. The van der Waals surface area contributed by atoms with Crippen LogP contribution in [0.5, 0.6) is 0 Å². The molecule has 2 atom stereocenters. The summed E-state index contributed by atoms with van der Waals surface area (Å²) in [5.74, 6) is 0.471. The average molecular weight is 281 g/mol. The van der Waals surface area contributed by atoms with E-state index in [1.165, 1.54) is 16.7 Å². The van der Waals surface area contributed by atoms with Crippen molar-refractivity contribution >= 4 is 17.7 Å². The van der Waals surface area contributed by atoms with Crippen LogP contribution in [0.1, 0.15) is 18.9 Å². The van der Waals surface area contributed by atoms with Crippen LogP contribution in [0.3, 0.4) is 0 Å². The van der Waals surface area contributed by atoms with Gasteiger partial charge in [-0.25, -0.2) is 0 Å². The molecule has 0 aromatic heterocycles. The highest BCUT2D eigenvalue weighted by Crippen LogP contribution is 2.35. The van der Waals surface area contributed by atoms with E-state index < -0.39 is 5.72 Å². The topological polar surface area (TPSA) is 60.8 Å². The molecule has 0 radical (unpaired) electrons. The summed E-state index contributed by atoms with van der Waals surface area (Å²) in [5.41, 5.74) is -0.107. The van der Waals surface area contributed by atoms with Crippen LogP contribution in [0.2, 0.25) is 0 Å². The minimum absolute atomic E-state index is 0.0488. The SMILES string of the molecule is C[C@]1(O)C[C@@H](SCCO)C(=O)N1Cc1ccccc1. The second-order valence-electron chi connectivity index (χ2n) is 4.91. The Morgan fingerprint density at radius 1 is 1.42 bits per heavy atom. The van der Waals surface area contributed by atoms with E-state index in [-0.39, 0.29) is 17.8 Å².